The average molecular weight is 280 g/mol. The lowest BCUT2D eigenvalue weighted by molar-refractivity contribution is 0.0988. The van der Waals surface area contributed by atoms with Crippen LogP contribution in [0.5, 0.6) is 0 Å². The van der Waals surface area contributed by atoms with E-state index in [9.17, 15) is 4.79 Å². The molecule has 0 saturated heterocycles. The van der Waals surface area contributed by atoms with Crippen LogP contribution in [0.25, 0.3) is 0 Å². The molecule has 2 aromatic carbocycles. The van der Waals surface area contributed by atoms with Crippen molar-refractivity contribution in [3.8, 4) is 0 Å². The standard InChI is InChI=1S/C18H20N2O/c1-3-20(16-6-4-5-13(2)11-16)18(21)15-8-7-14-9-10-19-17(14)12-15/h4-8,11-12,19H,3,9-10H2,1-2H3. The Morgan fingerprint density at radius 1 is 1.24 bits per heavy atom. The van der Waals surface area contributed by atoms with Crippen molar-refractivity contribution in [2.24, 2.45) is 0 Å². The predicted molar refractivity (Wildman–Crippen MR) is 87.2 cm³/mol. The monoisotopic (exact) mass is 280 g/mol. The van der Waals surface area contributed by atoms with Gasteiger partial charge in [0, 0.05) is 30.0 Å². The van der Waals surface area contributed by atoms with Gasteiger partial charge in [-0.25, -0.2) is 0 Å². The highest BCUT2D eigenvalue weighted by molar-refractivity contribution is 6.06. The van der Waals surface area contributed by atoms with Crippen molar-refractivity contribution < 1.29 is 4.79 Å². The van der Waals surface area contributed by atoms with Crippen LogP contribution >= 0.6 is 0 Å². The second-order valence-corrected chi connectivity index (χ2v) is 5.44. The van der Waals surface area contributed by atoms with E-state index in [4.69, 9.17) is 0 Å². The number of hydrogen-bond donors (Lipinski definition) is 1. The Hall–Kier alpha value is -2.29. The maximum absolute atomic E-state index is 12.8. The first-order valence-corrected chi connectivity index (χ1v) is 7.44. The Morgan fingerprint density at radius 3 is 2.86 bits per heavy atom. The van der Waals surface area contributed by atoms with Crippen LogP contribution in [-0.4, -0.2) is 19.0 Å². The molecule has 1 amide bonds. The highest BCUT2D eigenvalue weighted by Crippen LogP contribution is 2.25. The number of carbonyl (C=O) groups is 1. The number of carbonyl (C=O) groups excluding carboxylic acids is 1. The molecule has 21 heavy (non-hydrogen) atoms. The van der Waals surface area contributed by atoms with Gasteiger partial charge in [0.1, 0.15) is 0 Å². The summed E-state index contributed by atoms with van der Waals surface area (Å²) in [4.78, 5) is 14.6. The molecule has 3 heteroatoms. The molecule has 0 fully saturated rings. The number of nitrogens with zero attached hydrogens (tertiary/aromatic N) is 1. The van der Waals surface area contributed by atoms with Crippen LogP contribution in [0.2, 0.25) is 0 Å². The van der Waals surface area contributed by atoms with Crippen LogP contribution in [0.15, 0.2) is 42.5 Å². The number of benzene rings is 2. The minimum Gasteiger partial charge on any atom is -0.384 e. The second-order valence-electron chi connectivity index (χ2n) is 5.44. The van der Waals surface area contributed by atoms with Crippen LogP contribution < -0.4 is 10.2 Å². The zero-order chi connectivity index (χ0) is 14.8. The molecule has 3 nitrogen and oxygen atoms in total. The largest absolute Gasteiger partial charge is 0.384 e. The van der Waals surface area contributed by atoms with Crippen molar-refractivity contribution in [1.82, 2.24) is 0 Å². The molecule has 0 aromatic heterocycles. The van der Waals surface area contributed by atoms with Gasteiger partial charge in [0.25, 0.3) is 5.91 Å². The van der Waals surface area contributed by atoms with Gasteiger partial charge in [-0.15, -0.1) is 0 Å². The summed E-state index contributed by atoms with van der Waals surface area (Å²) in [5.74, 6) is 0.0552. The molecule has 0 aliphatic carbocycles. The summed E-state index contributed by atoms with van der Waals surface area (Å²) in [5, 5.41) is 3.33. The SMILES string of the molecule is CCN(C(=O)c1ccc2c(c1)NCC2)c1cccc(C)c1. The van der Waals surface area contributed by atoms with E-state index in [2.05, 4.69) is 11.4 Å². The smallest absolute Gasteiger partial charge is 0.258 e. The van der Waals surface area contributed by atoms with Crippen LogP contribution in [0, 0.1) is 6.92 Å². The molecule has 3 rings (SSSR count). The van der Waals surface area contributed by atoms with Crippen molar-refractivity contribution >= 4 is 17.3 Å². The topological polar surface area (TPSA) is 32.3 Å². The van der Waals surface area contributed by atoms with E-state index in [-0.39, 0.29) is 5.91 Å². The number of rotatable bonds is 3. The Morgan fingerprint density at radius 2 is 2.10 bits per heavy atom. The van der Waals surface area contributed by atoms with E-state index < -0.39 is 0 Å². The van der Waals surface area contributed by atoms with Crippen molar-refractivity contribution in [2.45, 2.75) is 20.3 Å². The molecule has 0 radical (unpaired) electrons. The number of nitrogens with one attached hydrogen (secondary N) is 1. The molecule has 0 atom stereocenters. The summed E-state index contributed by atoms with van der Waals surface area (Å²) < 4.78 is 0. The average Bonchev–Trinajstić information content (AvgIpc) is 2.95. The molecule has 1 aliphatic rings. The summed E-state index contributed by atoms with van der Waals surface area (Å²) >= 11 is 0. The Balaban J connectivity index is 1.92. The fourth-order valence-corrected chi connectivity index (χ4v) is 2.82. The van der Waals surface area contributed by atoms with Crippen molar-refractivity contribution in [2.75, 3.05) is 23.3 Å². The third-order valence-corrected chi connectivity index (χ3v) is 3.94. The highest BCUT2D eigenvalue weighted by Gasteiger charge is 2.18. The molecule has 1 heterocycles. The Bertz CT molecular complexity index is 679. The van der Waals surface area contributed by atoms with Gasteiger partial charge in [0.15, 0.2) is 0 Å². The van der Waals surface area contributed by atoms with Gasteiger partial charge in [-0.3, -0.25) is 4.79 Å². The van der Waals surface area contributed by atoms with Gasteiger partial charge in [0.05, 0.1) is 0 Å². The van der Waals surface area contributed by atoms with Crippen LogP contribution in [0.1, 0.15) is 28.4 Å². The summed E-state index contributed by atoms with van der Waals surface area (Å²) in [6.07, 6.45) is 1.04. The Labute approximate surface area is 125 Å². The highest BCUT2D eigenvalue weighted by atomic mass is 16.2. The lowest BCUT2D eigenvalue weighted by atomic mass is 10.1. The van der Waals surface area contributed by atoms with Gasteiger partial charge in [0.2, 0.25) is 0 Å². The summed E-state index contributed by atoms with van der Waals surface area (Å²) in [7, 11) is 0. The van der Waals surface area contributed by atoms with Gasteiger partial charge in [-0.1, -0.05) is 18.2 Å². The maximum atomic E-state index is 12.8. The molecule has 108 valence electrons. The number of fused-ring (bicyclic) bond motifs is 1. The van der Waals surface area contributed by atoms with Crippen molar-refractivity contribution in [3.63, 3.8) is 0 Å². The molecule has 0 bridgehead atoms. The lowest BCUT2D eigenvalue weighted by Crippen LogP contribution is -2.30. The van der Waals surface area contributed by atoms with Crippen LogP contribution in [0.4, 0.5) is 11.4 Å². The van der Waals surface area contributed by atoms with E-state index in [0.717, 1.165) is 35.5 Å². The molecule has 0 unspecified atom stereocenters. The van der Waals surface area contributed by atoms with Crippen LogP contribution in [0.3, 0.4) is 0 Å². The van der Waals surface area contributed by atoms with Gasteiger partial charge < -0.3 is 10.2 Å². The lowest BCUT2D eigenvalue weighted by Gasteiger charge is -2.22. The van der Waals surface area contributed by atoms with Gasteiger partial charge in [-0.2, -0.15) is 0 Å². The fourth-order valence-electron chi connectivity index (χ4n) is 2.82. The molecule has 1 aliphatic heterocycles. The molecular weight excluding hydrogens is 260 g/mol. The maximum Gasteiger partial charge on any atom is 0.258 e. The normalized spacial score (nSPS) is 12.7. The second kappa shape index (κ2) is 5.60. The molecule has 0 saturated carbocycles. The minimum atomic E-state index is 0.0552. The quantitative estimate of drug-likeness (QED) is 0.931. The summed E-state index contributed by atoms with van der Waals surface area (Å²) in [6.45, 7) is 5.67. The van der Waals surface area contributed by atoms with E-state index in [0.29, 0.717) is 6.54 Å². The van der Waals surface area contributed by atoms with Gasteiger partial charge >= 0.3 is 0 Å². The van der Waals surface area contributed by atoms with Gasteiger partial charge in [-0.05, 0) is 55.7 Å². The van der Waals surface area contributed by atoms with E-state index in [1.807, 2.05) is 55.1 Å². The summed E-state index contributed by atoms with van der Waals surface area (Å²) in [5.41, 5.74) is 5.25. The first kappa shape index (κ1) is 13.7. The van der Waals surface area contributed by atoms with Crippen molar-refractivity contribution in [1.29, 1.82) is 0 Å². The molecular formula is C18H20N2O. The predicted octanol–water partition coefficient (Wildman–Crippen LogP) is 3.63. The Kier molecular flexibility index (Phi) is 3.65. The fraction of sp³-hybridized carbons (Fsp3) is 0.278. The molecule has 2 aromatic rings. The molecule has 0 spiro atoms. The van der Waals surface area contributed by atoms with Crippen LogP contribution in [-0.2, 0) is 6.42 Å². The van der Waals surface area contributed by atoms with E-state index in [1.165, 1.54) is 5.56 Å². The first-order chi connectivity index (χ1) is 10.2. The third kappa shape index (κ3) is 2.64. The third-order valence-electron chi connectivity index (χ3n) is 3.94. The number of hydrogen-bond acceptors (Lipinski definition) is 2. The summed E-state index contributed by atoms with van der Waals surface area (Å²) in [6, 6.07) is 14.0. The van der Waals surface area contributed by atoms with E-state index in [1.54, 1.807) is 0 Å². The minimum absolute atomic E-state index is 0.0552. The van der Waals surface area contributed by atoms with E-state index >= 15 is 0 Å². The zero-order valence-electron chi connectivity index (χ0n) is 12.5. The number of aryl methyl sites for hydroxylation is 1. The number of anilines is 2. The zero-order valence-corrected chi connectivity index (χ0v) is 12.5. The van der Waals surface area contributed by atoms with Crippen molar-refractivity contribution in [3.05, 3.63) is 59.2 Å². The first-order valence-electron chi connectivity index (χ1n) is 7.44. The molecule has 1 N–H and O–H groups in total. The number of amides is 1.